The Balaban J connectivity index is 2.18. The summed E-state index contributed by atoms with van der Waals surface area (Å²) in [5, 5.41) is 0.463. The Hall–Kier alpha value is 0.314. The van der Waals surface area contributed by atoms with Crippen molar-refractivity contribution >= 4 is 16.6 Å². The predicted molar refractivity (Wildman–Crippen MR) is 111 cm³/mol. The van der Waals surface area contributed by atoms with Gasteiger partial charge >= 0.3 is 0 Å². The molecule has 0 aromatic heterocycles. The number of hydrogen-bond acceptors (Lipinski definition) is 3. The lowest BCUT2D eigenvalue weighted by Gasteiger charge is -2.45. The molecular weight excluding hydrogens is 344 g/mol. The van der Waals surface area contributed by atoms with Gasteiger partial charge in [-0.25, -0.2) is 0 Å². The lowest BCUT2D eigenvalue weighted by Crippen LogP contribution is -2.52. The van der Waals surface area contributed by atoms with E-state index < -0.39 is 16.6 Å². The van der Waals surface area contributed by atoms with Crippen LogP contribution in [0.15, 0.2) is 0 Å². The van der Waals surface area contributed by atoms with Gasteiger partial charge in [-0.3, -0.25) is 0 Å². The summed E-state index contributed by atoms with van der Waals surface area (Å²) in [5.74, 6) is 0. The minimum Gasteiger partial charge on any atom is -0.411 e. The monoisotopic (exact) mass is 386 g/mol. The van der Waals surface area contributed by atoms with E-state index in [9.17, 15) is 0 Å². The highest BCUT2D eigenvalue weighted by Gasteiger charge is 2.48. The van der Waals surface area contributed by atoms with Crippen molar-refractivity contribution in [1.82, 2.24) is 0 Å². The highest BCUT2D eigenvalue weighted by Crippen LogP contribution is 2.44. The van der Waals surface area contributed by atoms with Crippen LogP contribution >= 0.6 is 0 Å². The fraction of sp³-hybridized carbons (Fsp3) is 1.00. The maximum atomic E-state index is 6.90. The molecule has 1 heterocycles. The third-order valence-corrected chi connectivity index (χ3v) is 16.1. The highest BCUT2D eigenvalue weighted by atomic mass is 28.4. The quantitative estimate of drug-likeness (QED) is 0.431. The maximum absolute atomic E-state index is 6.90. The fourth-order valence-electron chi connectivity index (χ4n) is 3.10. The molecule has 0 aromatic carbocycles. The lowest BCUT2D eigenvalue weighted by molar-refractivity contribution is 0.0205. The third-order valence-electron chi connectivity index (χ3n) is 7.08. The Bertz CT molecular complexity index is 421. The Morgan fingerprint density at radius 1 is 0.640 bits per heavy atom. The van der Waals surface area contributed by atoms with Crippen molar-refractivity contribution in [3.05, 3.63) is 0 Å². The molecule has 0 spiro atoms. The zero-order chi connectivity index (χ0) is 19.3. The van der Waals surface area contributed by atoms with Gasteiger partial charge in [0.25, 0.3) is 0 Å². The summed E-state index contributed by atoms with van der Waals surface area (Å²) >= 11 is 0. The standard InChI is InChI=1S/C20H42O3Si2/c1-19(2,3)24(7,8)22-17-13-11-15-16(21-15)12-14-18(17)23-25(9,10)20(4,5)6/h15-18H,11-14H2,1-10H3/t15-,16+,17?,18?. The van der Waals surface area contributed by atoms with Crippen molar-refractivity contribution in [1.29, 1.82) is 0 Å². The van der Waals surface area contributed by atoms with Gasteiger partial charge in [0.1, 0.15) is 0 Å². The van der Waals surface area contributed by atoms with Crippen molar-refractivity contribution in [2.75, 3.05) is 0 Å². The van der Waals surface area contributed by atoms with Gasteiger partial charge in [0.05, 0.1) is 24.4 Å². The lowest BCUT2D eigenvalue weighted by atomic mass is 9.96. The number of fused-ring (bicyclic) bond motifs is 1. The summed E-state index contributed by atoms with van der Waals surface area (Å²) < 4.78 is 19.6. The van der Waals surface area contributed by atoms with Gasteiger partial charge in [-0.2, -0.15) is 0 Å². The van der Waals surface area contributed by atoms with Crippen LogP contribution in [-0.4, -0.2) is 41.1 Å². The van der Waals surface area contributed by atoms with Gasteiger partial charge in [0.2, 0.25) is 0 Å². The van der Waals surface area contributed by atoms with E-state index in [-0.39, 0.29) is 22.3 Å². The number of hydrogen-bond donors (Lipinski definition) is 0. The van der Waals surface area contributed by atoms with E-state index in [0.717, 1.165) is 25.7 Å². The van der Waals surface area contributed by atoms with Crippen LogP contribution in [0.4, 0.5) is 0 Å². The van der Waals surface area contributed by atoms with Crippen LogP contribution in [0.1, 0.15) is 67.2 Å². The smallest absolute Gasteiger partial charge is 0.192 e. The highest BCUT2D eigenvalue weighted by molar-refractivity contribution is 6.74. The molecule has 1 aliphatic carbocycles. The molecule has 5 heteroatoms. The molecule has 0 amide bonds. The zero-order valence-corrected chi connectivity index (χ0v) is 20.4. The van der Waals surface area contributed by atoms with Gasteiger partial charge in [-0.1, -0.05) is 41.5 Å². The van der Waals surface area contributed by atoms with E-state index in [1.165, 1.54) is 0 Å². The van der Waals surface area contributed by atoms with Crippen molar-refractivity contribution < 1.29 is 13.6 Å². The fourth-order valence-corrected chi connectivity index (χ4v) is 5.86. The van der Waals surface area contributed by atoms with Crippen LogP contribution in [0.3, 0.4) is 0 Å². The van der Waals surface area contributed by atoms with Crippen LogP contribution in [-0.2, 0) is 13.6 Å². The van der Waals surface area contributed by atoms with Gasteiger partial charge in [0, 0.05) is 0 Å². The predicted octanol–water partition coefficient (Wildman–Crippen LogP) is 6.11. The Kier molecular flexibility index (Phi) is 6.09. The molecular formula is C20H42O3Si2. The second-order valence-electron chi connectivity index (χ2n) is 11.2. The molecule has 1 saturated heterocycles. The van der Waals surface area contributed by atoms with Gasteiger partial charge in [-0.05, 0) is 61.9 Å². The first kappa shape index (κ1) is 21.6. The van der Waals surface area contributed by atoms with Crippen LogP contribution in [0.5, 0.6) is 0 Å². The number of ether oxygens (including phenoxy) is 1. The van der Waals surface area contributed by atoms with Gasteiger partial charge in [0.15, 0.2) is 16.6 Å². The molecule has 0 aromatic rings. The van der Waals surface area contributed by atoms with Crippen molar-refractivity contribution in [2.24, 2.45) is 0 Å². The molecule has 0 bridgehead atoms. The van der Waals surface area contributed by atoms with Crippen LogP contribution < -0.4 is 0 Å². The molecule has 2 unspecified atom stereocenters. The normalized spacial score (nSPS) is 31.9. The van der Waals surface area contributed by atoms with Crippen molar-refractivity contribution in [3.8, 4) is 0 Å². The van der Waals surface area contributed by atoms with Crippen LogP contribution in [0.25, 0.3) is 0 Å². The molecule has 2 rings (SSSR count). The summed E-state index contributed by atoms with van der Waals surface area (Å²) in [6.07, 6.45) is 5.82. The van der Waals surface area contributed by atoms with E-state index in [1.807, 2.05) is 0 Å². The number of epoxide rings is 1. The SMILES string of the molecule is CC(C)(C)[Si](C)(C)OC1CC[C@@H]2O[C@@H]2CCC1O[Si](C)(C)C(C)(C)C. The molecule has 0 radical (unpaired) electrons. The Labute approximate surface area is 158 Å². The van der Waals surface area contributed by atoms with Crippen LogP contribution in [0, 0.1) is 0 Å². The first-order valence-corrected chi connectivity index (χ1v) is 16.0. The average molecular weight is 387 g/mol. The second-order valence-corrected chi connectivity index (χ2v) is 20.7. The van der Waals surface area contributed by atoms with E-state index in [0.29, 0.717) is 12.2 Å². The van der Waals surface area contributed by atoms with E-state index >= 15 is 0 Å². The summed E-state index contributed by atoms with van der Waals surface area (Å²) in [5.41, 5.74) is 0. The topological polar surface area (TPSA) is 31.0 Å². The van der Waals surface area contributed by atoms with Gasteiger partial charge in [-0.15, -0.1) is 0 Å². The van der Waals surface area contributed by atoms with E-state index in [2.05, 4.69) is 67.7 Å². The molecule has 2 fully saturated rings. The van der Waals surface area contributed by atoms with E-state index in [4.69, 9.17) is 13.6 Å². The second kappa shape index (κ2) is 7.04. The Morgan fingerprint density at radius 2 is 0.960 bits per heavy atom. The van der Waals surface area contributed by atoms with E-state index in [1.54, 1.807) is 0 Å². The summed E-state index contributed by atoms with van der Waals surface area (Å²) in [6, 6.07) is 0. The molecule has 2 aliphatic rings. The van der Waals surface area contributed by atoms with Gasteiger partial charge < -0.3 is 13.6 Å². The van der Waals surface area contributed by atoms with Crippen molar-refractivity contribution in [2.45, 2.75) is 128 Å². The molecule has 3 nitrogen and oxygen atoms in total. The molecule has 0 N–H and O–H groups in total. The first-order chi connectivity index (χ1) is 11.1. The minimum absolute atomic E-state index is 0.222. The molecule has 1 aliphatic heterocycles. The number of rotatable bonds is 4. The first-order valence-electron chi connectivity index (χ1n) is 10.2. The Morgan fingerprint density at radius 3 is 1.24 bits per heavy atom. The summed E-state index contributed by atoms with van der Waals surface area (Å²) in [4.78, 5) is 0. The molecule has 1 saturated carbocycles. The summed E-state index contributed by atoms with van der Waals surface area (Å²) in [7, 11) is -3.62. The van der Waals surface area contributed by atoms with Crippen molar-refractivity contribution in [3.63, 3.8) is 0 Å². The largest absolute Gasteiger partial charge is 0.411 e. The maximum Gasteiger partial charge on any atom is 0.192 e. The molecule has 25 heavy (non-hydrogen) atoms. The minimum atomic E-state index is -1.81. The average Bonchev–Trinajstić information content (AvgIpc) is 3.13. The summed E-state index contributed by atoms with van der Waals surface area (Å²) in [6.45, 7) is 23.4. The molecule has 4 atom stereocenters. The molecule has 148 valence electrons. The third kappa shape index (κ3) is 5.19. The van der Waals surface area contributed by atoms with Crippen LogP contribution in [0.2, 0.25) is 36.3 Å². The zero-order valence-electron chi connectivity index (χ0n) is 18.4.